The van der Waals surface area contributed by atoms with Crippen LogP contribution >= 0.6 is 23.4 Å². The first kappa shape index (κ1) is 24.0. The minimum atomic E-state index is -4.96. The summed E-state index contributed by atoms with van der Waals surface area (Å²) >= 11 is 7.03. The third-order valence-electron chi connectivity index (χ3n) is 4.35. The number of halogens is 5. The van der Waals surface area contributed by atoms with Gasteiger partial charge in [0.05, 0.1) is 17.1 Å². The lowest BCUT2D eigenvalue weighted by atomic mass is 10.2. The summed E-state index contributed by atoms with van der Waals surface area (Å²) in [5, 5.41) is 8.45. The maximum absolute atomic E-state index is 14.6. The molecule has 1 atom stereocenters. The van der Waals surface area contributed by atoms with Gasteiger partial charge >= 0.3 is 17.8 Å². The van der Waals surface area contributed by atoms with Gasteiger partial charge in [0.25, 0.3) is 5.56 Å². The fourth-order valence-electron chi connectivity index (χ4n) is 2.89. The maximum atomic E-state index is 14.6. The Balaban J connectivity index is 2.73. The minimum Gasteiger partial charge on any atom is -0.481 e. The number of carboxylic acid groups (broad SMARTS) is 1. The highest BCUT2D eigenvalue weighted by atomic mass is 35.5. The Bertz CT molecular complexity index is 1070. The lowest BCUT2D eigenvalue weighted by Crippen LogP contribution is -2.43. The molecule has 1 heterocycles. The van der Waals surface area contributed by atoms with Gasteiger partial charge in [0.2, 0.25) is 0 Å². The monoisotopic (exact) mass is 468 g/mol. The Labute approximate surface area is 177 Å². The van der Waals surface area contributed by atoms with E-state index in [0.717, 1.165) is 37.9 Å². The average molecular weight is 469 g/mol. The molecule has 0 aliphatic heterocycles. The number of thioether (sulfide) groups is 1. The Morgan fingerprint density at radius 1 is 1.30 bits per heavy atom. The third kappa shape index (κ3) is 4.72. The SMILES string of the molecule is CCC(CC(=O)O)Sc1cc(-n2c(=O)c(C)c(C(F)(F)F)n(C)c2=O)c(F)cc1Cl. The molecule has 30 heavy (non-hydrogen) atoms. The van der Waals surface area contributed by atoms with Crippen molar-refractivity contribution < 1.29 is 27.5 Å². The molecule has 164 valence electrons. The minimum absolute atomic E-state index is 0.0846. The summed E-state index contributed by atoms with van der Waals surface area (Å²) in [5.41, 5.74) is -5.47. The number of hydrogen-bond acceptors (Lipinski definition) is 4. The number of aliphatic carboxylic acids is 1. The molecule has 1 aromatic heterocycles. The molecule has 2 rings (SSSR count). The van der Waals surface area contributed by atoms with Gasteiger partial charge in [-0.15, -0.1) is 11.8 Å². The molecule has 0 radical (unpaired) electrons. The second-order valence-corrected chi connectivity index (χ2v) is 8.18. The summed E-state index contributed by atoms with van der Waals surface area (Å²) in [7, 11) is 0.831. The molecule has 0 saturated carbocycles. The Morgan fingerprint density at radius 2 is 1.90 bits per heavy atom. The van der Waals surface area contributed by atoms with Crippen LogP contribution in [0.1, 0.15) is 31.0 Å². The number of benzene rings is 1. The Hall–Kier alpha value is -2.27. The largest absolute Gasteiger partial charge is 0.481 e. The fraction of sp³-hybridized carbons (Fsp3) is 0.389. The molecule has 2 aromatic rings. The van der Waals surface area contributed by atoms with E-state index in [1.165, 1.54) is 0 Å². The maximum Gasteiger partial charge on any atom is 0.432 e. The molecule has 6 nitrogen and oxygen atoms in total. The molecule has 0 amide bonds. The molecule has 1 N–H and O–H groups in total. The summed E-state index contributed by atoms with van der Waals surface area (Å²) < 4.78 is 54.8. The first-order valence-corrected chi connectivity index (χ1v) is 9.83. The van der Waals surface area contributed by atoms with E-state index in [1.807, 2.05) is 0 Å². The fourth-order valence-corrected chi connectivity index (χ4v) is 4.28. The van der Waals surface area contributed by atoms with E-state index in [0.29, 0.717) is 11.0 Å². The predicted molar refractivity (Wildman–Crippen MR) is 104 cm³/mol. The number of carbonyl (C=O) groups is 1. The molecule has 1 aromatic carbocycles. The van der Waals surface area contributed by atoms with Gasteiger partial charge in [0.15, 0.2) is 0 Å². The van der Waals surface area contributed by atoms with Crippen LogP contribution in [0.15, 0.2) is 26.6 Å². The van der Waals surface area contributed by atoms with Gasteiger partial charge in [0, 0.05) is 22.8 Å². The Kier molecular flexibility index (Phi) is 7.08. The van der Waals surface area contributed by atoms with Crippen LogP contribution in [-0.2, 0) is 18.0 Å². The zero-order valence-electron chi connectivity index (χ0n) is 16.0. The molecule has 0 bridgehead atoms. The van der Waals surface area contributed by atoms with Crippen LogP contribution < -0.4 is 11.2 Å². The number of nitrogens with zero attached hydrogens (tertiary/aromatic N) is 2. The predicted octanol–water partition coefficient (Wildman–Crippen LogP) is 4.00. The van der Waals surface area contributed by atoms with Gasteiger partial charge in [-0.2, -0.15) is 13.2 Å². The number of alkyl halides is 3. The first-order chi connectivity index (χ1) is 13.8. The van der Waals surface area contributed by atoms with Gasteiger partial charge in [-0.1, -0.05) is 18.5 Å². The molecule has 0 aliphatic rings. The first-order valence-electron chi connectivity index (χ1n) is 8.57. The molecule has 12 heteroatoms. The topological polar surface area (TPSA) is 81.3 Å². The van der Waals surface area contributed by atoms with Gasteiger partial charge in [-0.05, 0) is 25.5 Å². The summed E-state index contributed by atoms with van der Waals surface area (Å²) in [4.78, 5) is 36.2. The second kappa shape index (κ2) is 8.84. The molecule has 0 fully saturated rings. The van der Waals surface area contributed by atoms with Crippen LogP contribution in [-0.4, -0.2) is 25.5 Å². The van der Waals surface area contributed by atoms with Crippen LogP contribution in [0.5, 0.6) is 0 Å². The normalized spacial score (nSPS) is 12.8. The van der Waals surface area contributed by atoms with E-state index in [2.05, 4.69) is 0 Å². The highest BCUT2D eigenvalue weighted by molar-refractivity contribution is 8.00. The highest BCUT2D eigenvalue weighted by Gasteiger charge is 2.38. The van der Waals surface area contributed by atoms with Gasteiger partial charge < -0.3 is 5.11 Å². The van der Waals surface area contributed by atoms with E-state index >= 15 is 0 Å². The van der Waals surface area contributed by atoms with Crippen molar-refractivity contribution in [1.29, 1.82) is 0 Å². The van der Waals surface area contributed by atoms with Gasteiger partial charge in [0.1, 0.15) is 11.5 Å². The number of carboxylic acids is 1. The van der Waals surface area contributed by atoms with Crippen molar-refractivity contribution in [2.24, 2.45) is 7.05 Å². The van der Waals surface area contributed by atoms with E-state index in [1.54, 1.807) is 6.92 Å². The van der Waals surface area contributed by atoms with Crippen LogP contribution in [0.3, 0.4) is 0 Å². The van der Waals surface area contributed by atoms with E-state index in [9.17, 15) is 31.9 Å². The summed E-state index contributed by atoms with van der Waals surface area (Å²) in [6.07, 6.45) is -4.74. The molecule has 0 saturated heterocycles. The van der Waals surface area contributed by atoms with E-state index in [-0.39, 0.29) is 20.9 Å². The van der Waals surface area contributed by atoms with Gasteiger partial charge in [-0.3, -0.25) is 14.2 Å². The average Bonchev–Trinajstić information content (AvgIpc) is 2.61. The van der Waals surface area contributed by atoms with Crippen molar-refractivity contribution in [3.05, 3.63) is 55.1 Å². The number of rotatable bonds is 6. The van der Waals surface area contributed by atoms with Crippen LogP contribution in [0, 0.1) is 12.7 Å². The van der Waals surface area contributed by atoms with Crippen molar-refractivity contribution in [3.8, 4) is 5.69 Å². The smallest absolute Gasteiger partial charge is 0.432 e. The van der Waals surface area contributed by atoms with Crippen molar-refractivity contribution in [2.75, 3.05) is 0 Å². The summed E-state index contributed by atoms with van der Waals surface area (Å²) in [5.74, 6) is -2.15. The third-order valence-corrected chi connectivity index (χ3v) is 6.20. The number of hydrogen-bond donors (Lipinski definition) is 1. The van der Waals surface area contributed by atoms with Gasteiger partial charge in [-0.25, -0.2) is 13.8 Å². The van der Waals surface area contributed by atoms with Crippen molar-refractivity contribution in [2.45, 2.75) is 43.0 Å². The molecular formula is C18H17ClF4N2O4S. The quantitative estimate of drug-likeness (QED) is 0.512. The zero-order chi connectivity index (χ0) is 23.0. The zero-order valence-corrected chi connectivity index (χ0v) is 17.6. The summed E-state index contributed by atoms with van der Waals surface area (Å²) in [6, 6.07) is 1.88. The molecular weight excluding hydrogens is 452 g/mol. The van der Waals surface area contributed by atoms with E-state index < -0.39 is 51.4 Å². The van der Waals surface area contributed by atoms with E-state index in [4.69, 9.17) is 16.7 Å². The van der Waals surface area contributed by atoms with Crippen LogP contribution in [0.4, 0.5) is 17.6 Å². The lowest BCUT2D eigenvalue weighted by molar-refractivity contribution is -0.144. The van der Waals surface area contributed by atoms with Crippen molar-refractivity contribution in [3.63, 3.8) is 0 Å². The molecule has 0 spiro atoms. The molecule has 0 aliphatic carbocycles. The van der Waals surface area contributed by atoms with Crippen LogP contribution in [0.25, 0.3) is 5.69 Å². The lowest BCUT2D eigenvalue weighted by Gasteiger charge is -2.18. The summed E-state index contributed by atoms with van der Waals surface area (Å²) in [6.45, 7) is 2.63. The van der Waals surface area contributed by atoms with Crippen LogP contribution in [0.2, 0.25) is 5.02 Å². The molecule has 1 unspecified atom stereocenters. The Morgan fingerprint density at radius 3 is 2.40 bits per heavy atom. The highest BCUT2D eigenvalue weighted by Crippen LogP contribution is 2.36. The number of aromatic nitrogens is 2. The standard InChI is InChI=1S/C18H17ClF4N2O4S/c1-4-9(5-14(26)27)30-13-7-12(11(20)6-10(13)19)25-16(28)8(2)15(18(21,22)23)24(3)17(25)29/h6-7,9H,4-5H2,1-3H3,(H,26,27). The van der Waals surface area contributed by atoms with Crippen molar-refractivity contribution >= 4 is 29.3 Å². The second-order valence-electron chi connectivity index (χ2n) is 6.43. The van der Waals surface area contributed by atoms with Crippen molar-refractivity contribution in [1.82, 2.24) is 9.13 Å².